The molecular formula is C21H18F2N2. The Morgan fingerprint density at radius 3 is 2.16 bits per heavy atom. The fourth-order valence-corrected chi connectivity index (χ4v) is 2.66. The topological polar surface area (TPSA) is 25.8 Å². The molecule has 0 bridgehead atoms. The Balaban J connectivity index is 1.90. The summed E-state index contributed by atoms with van der Waals surface area (Å²) in [5, 5.41) is 0. The predicted molar refractivity (Wildman–Crippen MR) is 96.1 cm³/mol. The van der Waals surface area contributed by atoms with E-state index in [0.717, 1.165) is 17.5 Å². The number of rotatable bonds is 5. The number of hydrogen-bond donors (Lipinski definition) is 0. The van der Waals surface area contributed by atoms with E-state index in [1.807, 2.05) is 12.1 Å². The molecule has 0 fully saturated rings. The lowest BCUT2D eigenvalue weighted by molar-refractivity contribution is 0.502. The molecule has 0 spiro atoms. The van der Waals surface area contributed by atoms with Gasteiger partial charge >= 0.3 is 0 Å². The molecule has 0 aliphatic carbocycles. The number of halogens is 2. The van der Waals surface area contributed by atoms with E-state index < -0.39 is 11.6 Å². The van der Waals surface area contributed by atoms with Gasteiger partial charge in [-0.15, -0.1) is 6.58 Å². The molecule has 0 unspecified atom stereocenters. The molecule has 3 rings (SSSR count). The van der Waals surface area contributed by atoms with Gasteiger partial charge in [-0.2, -0.15) is 0 Å². The third-order valence-corrected chi connectivity index (χ3v) is 4.08. The second kappa shape index (κ2) is 7.34. The zero-order valence-electron chi connectivity index (χ0n) is 14.0. The van der Waals surface area contributed by atoms with Gasteiger partial charge in [-0.1, -0.05) is 49.4 Å². The molecule has 1 heterocycles. The Labute approximate surface area is 145 Å². The van der Waals surface area contributed by atoms with Gasteiger partial charge in [0.1, 0.15) is 0 Å². The van der Waals surface area contributed by atoms with Crippen LogP contribution in [-0.2, 0) is 12.8 Å². The molecule has 0 amide bonds. The van der Waals surface area contributed by atoms with Crippen molar-refractivity contribution in [3.8, 4) is 22.5 Å². The highest BCUT2D eigenvalue weighted by atomic mass is 19.2. The van der Waals surface area contributed by atoms with Gasteiger partial charge in [-0.3, -0.25) is 0 Å². The van der Waals surface area contributed by atoms with Crippen LogP contribution in [0.1, 0.15) is 18.1 Å². The number of benzene rings is 2. The van der Waals surface area contributed by atoms with Gasteiger partial charge in [0.25, 0.3) is 0 Å². The van der Waals surface area contributed by atoms with Crippen LogP contribution in [0.4, 0.5) is 8.78 Å². The smallest absolute Gasteiger partial charge is 0.166 e. The zero-order chi connectivity index (χ0) is 17.8. The highest BCUT2D eigenvalue weighted by Crippen LogP contribution is 2.28. The summed E-state index contributed by atoms with van der Waals surface area (Å²) in [6.45, 7) is 5.48. The Hall–Kier alpha value is -2.88. The quantitative estimate of drug-likeness (QED) is 0.585. The highest BCUT2D eigenvalue weighted by molar-refractivity contribution is 5.68. The SMILES string of the molecule is C=CCc1cnc(-c2ccc(-c3ccc(CC)c(F)c3F)cc2)nc1. The van der Waals surface area contributed by atoms with Crippen molar-refractivity contribution in [2.75, 3.05) is 0 Å². The van der Waals surface area contributed by atoms with Crippen molar-refractivity contribution < 1.29 is 8.78 Å². The van der Waals surface area contributed by atoms with E-state index in [-0.39, 0.29) is 5.56 Å². The fraction of sp³-hybridized carbons (Fsp3) is 0.143. The van der Waals surface area contributed by atoms with Crippen LogP contribution in [0, 0.1) is 11.6 Å². The van der Waals surface area contributed by atoms with Crippen LogP contribution in [-0.4, -0.2) is 9.97 Å². The van der Waals surface area contributed by atoms with Crippen molar-refractivity contribution in [1.29, 1.82) is 0 Å². The predicted octanol–water partition coefficient (Wildman–Crippen LogP) is 5.38. The number of nitrogens with zero attached hydrogens (tertiary/aromatic N) is 2. The van der Waals surface area contributed by atoms with Gasteiger partial charge in [0, 0.05) is 23.5 Å². The molecule has 4 heteroatoms. The minimum atomic E-state index is -0.808. The lowest BCUT2D eigenvalue weighted by Gasteiger charge is -2.08. The molecule has 3 aromatic rings. The highest BCUT2D eigenvalue weighted by Gasteiger charge is 2.14. The summed E-state index contributed by atoms with van der Waals surface area (Å²) in [4.78, 5) is 8.66. The van der Waals surface area contributed by atoms with Gasteiger partial charge in [-0.25, -0.2) is 18.7 Å². The van der Waals surface area contributed by atoms with Gasteiger partial charge < -0.3 is 0 Å². The van der Waals surface area contributed by atoms with Crippen molar-refractivity contribution >= 4 is 0 Å². The van der Waals surface area contributed by atoms with Crippen LogP contribution in [0.15, 0.2) is 61.4 Å². The minimum Gasteiger partial charge on any atom is -0.236 e. The van der Waals surface area contributed by atoms with Crippen LogP contribution in [0.2, 0.25) is 0 Å². The molecule has 0 aliphatic heterocycles. The number of hydrogen-bond acceptors (Lipinski definition) is 2. The third kappa shape index (κ3) is 3.48. The monoisotopic (exact) mass is 336 g/mol. The second-order valence-corrected chi connectivity index (χ2v) is 5.74. The zero-order valence-corrected chi connectivity index (χ0v) is 14.0. The van der Waals surface area contributed by atoms with Crippen LogP contribution >= 0.6 is 0 Å². The second-order valence-electron chi connectivity index (χ2n) is 5.74. The first-order valence-corrected chi connectivity index (χ1v) is 8.13. The normalized spacial score (nSPS) is 10.7. The van der Waals surface area contributed by atoms with Gasteiger partial charge in [0.2, 0.25) is 0 Å². The van der Waals surface area contributed by atoms with E-state index in [4.69, 9.17) is 0 Å². The summed E-state index contributed by atoms with van der Waals surface area (Å²) in [6.07, 6.45) is 6.50. The van der Waals surface area contributed by atoms with E-state index in [9.17, 15) is 8.78 Å². The standard InChI is InChI=1S/C21H18F2N2/c1-3-5-14-12-24-21(25-13-14)17-8-6-16(7-9-17)18-11-10-15(4-2)19(22)20(18)23/h3,6-13H,1,4-5H2,2H3. The van der Waals surface area contributed by atoms with Gasteiger partial charge in [0.15, 0.2) is 17.5 Å². The van der Waals surface area contributed by atoms with E-state index in [1.165, 1.54) is 0 Å². The molecule has 2 aromatic carbocycles. The van der Waals surface area contributed by atoms with Gasteiger partial charge in [0.05, 0.1) is 0 Å². The largest absolute Gasteiger partial charge is 0.236 e. The first-order chi connectivity index (χ1) is 12.1. The van der Waals surface area contributed by atoms with Crippen molar-refractivity contribution in [3.05, 3.63) is 84.2 Å². The van der Waals surface area contributed by atoms with Crippen LogP contribution in [0.25, 0.3) is 22.5 Å². The summed E-state index contributed by atoms with van der Waals surface area (Å²) in [7, 11) is 0. The number of allylic oxidation sites excluding steroid dienone is 1. The lowest BCUT2D eigenvalue weighted by atomic mass is 10.0. The van der Waals surface area contributed by atoms with E-state index in [0.29, 0.717) is 23.4 Å². The third-order valence-electron chi connectivity index (χ3n) is 4.08. The molecule has 126 valence electrons. The summed E-state index contributed by atoms with van der Waals surface area (Å²) in [6, 6.07) is 10.4. The van der Waals surface area contributed by atoms with Crippen LogP contribution < -0.4 is 0 Å². The Kier molecular flexibility index (Phi) is 4.98. The molecule has 2 nitrogen and oxygen atoms in total. The lowest BCUT2D eigenvalue weighted by Crippen LogP contribution is -1.96. The summed E-state index contributed by atoms with van der Waals surface area (Å²) in [5.74, 6) is -0.991. The molecular weight excluding hydrogens is 318 g/mol. The van der Waals surface area contributed by atoms with Crippen molar-refractivity contribution in [2.45, 2.75) is 19.8 Å². The molecule has 0 N–H and O–H groups in total. The minimum absolute atomic E-state index is 0.253. The average Bonchev–Trinajstić information content (AvgIpc) is 2.65. The molecule has 0 aliphatic rings. The first-order valence-electron chi connectivity index (χ1n) is 8.13. The average molecular weight is 336 g/mol. The molecule has 1 aromatic heterocycles. The summed E-state index contributed by atoms with van der Waals surface area (Å²) in [5.41, 5.74) is 3.06. The Bertz CT molecular complexity index is 885. The Morgan fingerprint density at radius 1 is 0.920 bits per heavy atom. The van der Waals surface area contributed by atoms with Crippen LogP contribution in [0.3, 0.4) is 0 Å². The van der Waals surface area contributed by atoms with E-state index in [2.05, 4.69) is 16.5 Å². The molecule has 0 atom stereocenters. The molecule has 0 saturated heterocycles. The van der Waals surface area contributed by atoms with Crippen LogP contribution in [0.5, 0.6) is 0 Å². The summed E-state index contributed by atoms with van der Waals surface area (Å²) < 4.78 is 28.3. The van der Waals surface area contributed by atoms with Crippen molar-refractivity contribution in [1.82, 2.24) is 9.97 Å². The summed E-state index contributed by atoms with van der Waals surface area (Å²) >= 11 is 0. The molecule has 25 heavy (non-hydrogen) atoms. The van der Waals surface area contributed by atoms with Crippen molar-refractivity contribution in [2.24, 2.45) is 0 Å². The maximum Gasteiger partial charge on any atom is 0.166 e. The Morgan fingerprint density at radius 2 is 1.56 bits per heavy atom. The van der Waals surface area contributed by atoms with Crippen molar-refractivity contribution in [3.63, 3.8) is 0 Å². The van der Waals surface area contributed by atoms with E-state index >= 15 is 0 Å². The maximum absolute atomic E-state index is 14.3. The molecule has 0 radical (unpaired) electrons. The number of aryl methyl sites for hydroxylation is 1. The fourth-order valence-electron chi connectivity index (χ4n) is 2.66. The van der Waals surface area contributed by atoms with Gasteiger partial charge in [-0.05, 0) is 29.5 Å². The number of aromatic nitrogens is 2. The maximum atomic E-state index is 14.3. The molecule has 0 saturated carbocycles. The van der Waals surface area contributed by atoms with E-state index in [1.54, 1.807) is 49.7 Å². The first kappa shape index (κ1) is 17.0.